The number of rotatable bonds is 1. The van der Waals surface area contributed by atoms with Crippen LogP contribution < -0.4 is 5.32 Å². The fraction of sp³-hybridized carbons (Fsp3) is 0.500. The summed E-state index contributed by atoms with van der Waals surface area (Å²) in [6.45, 7) is 1.93. The van der Waals surface area contributed by atoms with Gasteiger partial charge in [0.1, 0.15) is 12.0 Å². The van der Waals surface area contributed by atoms with Gasteiger partial charge in [0.2, 0.25) is 0 Å². The molecule has 0 aliphatic carbocycles. The molecule has 1 aromatic rings. The molecule has 0 saturated heterocycles. The topological polar surface area (TPSA) is 56.3 Å². The van der Waals surface area contributed by atoms with Gasteiger partial charge in [0.25, 0.3) is 0 Å². The average molecular weight is 179 g/mol. The van der Waals surface area contributed by atoms with E-state index in [2.05, 4.69) is 20.3 Å². The molecule has 0 spiro atoms. The number of aryl methyl sites for hydroxylation is 1. The first-order chi connectivity index (χ1) is 6.22. The highest BCUT2D eigenvalue weighted by Crippen LogP contribution is 2.27. The Morgan fingerprint density at radius 3 is 3.08 bits per heavy atom. The molecule has 70 valence electrons. The summed E-state index contributed by atoms with van der Waals surface area (Å²) in [5.74, 6) is 1.69. The van der Waals surface area contributed by atoms with Crippen LogP contribution in [0.25, 0.3) is 0 Å². The van der Waals surface area contributed by atoms with Gasteiger partial charge < -0.3 is 9.88 Å². The average Bonchev–Trinajstić information content (AvgIpc) is 2.45. The maximum Gasteiger partial charge on any atom is 0.178 e. The van der Waals surface area contributed by atoms with Crippen molar-refractivity contribution < 1.29 is 0 Å². The van der Waals surface area contributed by atoms with Crippen LogP contribution in [0.1, 0.15) is 17.7 Å². The van der Waals surface area contributed by atoms with Crippen molar-refractivity contribution in [3.05, 3.63) is 11.5 Å². The molecule has 1 aliphatic heterocycles. The second kappa shape index (κ2) is 2.85. The normalized spacial score (nSPS) is 20.5. The molecule has 0 saturated carbocycles. The summed E-state index contributed by atoms with van der Waals surface area (Å²) >= 11 is 0. The van der Waals surface area contributed by atoms with E-state index >= 15 is 0 Å². The SMILES string of the molecule is CNC1c2[nH]c(C)nc2N=CN1C. The van der Waals surface area contributed by atoms with Gasteiger partial charge in [-0.2, -0.15) is 0 Å². The van der Waals surface area contributed by atoms with Gasteiger partial charge in [0.05, 0.1) is 12.0 Å². The van der Waals surface area contributed by atoms with Crippen molar-refractivity contribution in [2.24, 2.45) is 4.99 Å². The zero-order valence-electron chi connectivity index (χ0n) is 8.00. The standard InChI is InChI=1S/C8H13N5/c1-5-11-6-7(12-5)10-4-13(3)8(6)9-2/h4,8-9H,1-3H3,(H,11,12). The van der Waals surface area contributed by atoms with E-state index in [4.69, 9.17) is 0 Å². The van der Waals surface area contributed by atoms with Crippen molar-refractivity contribution in [1.29, 1.82) is 0 Å². The largest absolute Gasteiger partial charge is 0.345 e. The van der Waals surface area contributed by atoms with Gasteiger partial charge in [0, 0.05) is 7.05 Å². The number of imidazole rings is 1. The monoisotopic (exact) mass is 179 g/mol. The Bertz CT molecular complexity index is 340. The van der Waals surface area contributed by atoms with Crippen LogP contribution in [0.3, 0.4) is 0 Å². The minimum Gasteiger partial charge on any atom is -0.345 e. The van der Waals surface area contributed by atoms with E-state index in [9.17, 15) is 0 Å². The molecule has 2 N–H and O–H groups in total. The maximum atomic E-state index is 4.26. The Balaban J connectivity index is 2.46. The molecule has 1 aliphatic rings. The number of aromatic amines is 1. The lowest BCUT2D eigenvalue weighted by Crippen LogP contribution is -2.34. The molecule has 2 rings (SSSR count). The first-order valence-electron chi connectivity index (χ1n) is 4.22. The smallest absolute Gasteiger partial charge is 0.178 e. The van der Waals surface area contributed by atoms with Crippen molar-refractivity contribution >= 4 is 12.2 Å². The lowest BCUT2D eigenvalue weighted by atomic mass is 10.3. The third-order valence-electron chi connectivity index (χ3n) is 2.15. The molecule has 0 radical (unpaired) electrons. The summed E-state index contributed by atoms with van der Waals surface area (Å²) < 4.78 is 0. The number of nitrogens with zero attached hydrogens (tertiary/aromatic N) is 3. The third kappa shape index (κ3) is 1.21. The van der Waals surface area contributed by atoms with E-state index in [-0.39, 0.29) is 6.17 Å². The van der Waals surface area contributed by atoms with Crippen molar-refractivity contribution in [3.8, 4) is 0 Å². The second-order valence-corrected chi connectivity index (χ2v) is 3.16. The number of H-pyrrole nitrogens is 1. The third-order valence-corrected chi connectivity index (χ3v) is 2.15. The number of nitrogens with one attached hydrogen (secondary N) is 2. The molecule has 13 heavy (non-hydrogen) atoms. The van der Waals surface area contributed by atoms with Crippen LogP contribution >= 0.6 is 0 Å². The summed E-state index contributed by atoms with van der Waals surface area (Å²) in [5.41, 5.74) is 1.03. The number of hydrogen-bond acceptors (Lipinski definition) is 4. The number of hydrogen-bond donors (Lipinski definition) is 2. The van der Waals surface area contributed by atoms with E-state index in [0.717, 1.165) is 17.3 Å². The predicted molar refractivity (Wildman–Crippen MR) is 51.0 cm³/mol. The quantitative estimate of drug-likeness (QED) is 0.661. The highest BCUT2D eigenvalue weighted by molar-refractivity contribution is 5.64. The van der Waals surface area contributed by atoms with E-state index in [0.29, 0.717) is 0 Å². The summed E-state index contributed by atoms with van der Waals surface area (Å²) in [7, 11) is 3.89. The van der Waals surface area contributed by atoms with Crippen molar-refractivity contribution in [3.63, 3.8) is 0 Å². The molecule has 0 fully saturated rings. The molecule has 0 bridgehead atoms. The lowest BCUT2D eigenvalue weighted by Gasteiger charge is -2.27. The fourth-order valence-electron chi connectivity index (χ4n) is 1.55. The van der Waals surface area contributed by atoms with Crippen LogP contribution in [0, 0.1) is 6.92 Å². The molecule has 0 amide bonds. The molecule has 1 aromatic heterocycles. The van der Waals surface area contributed by atoms with Gasteiger partial charge in [-0.3, -0.25) is 5.32 Å². The van der Waals surface area contributed by atoms with Gasteiger partial charge in [-0.05, 0) is 14.0 Å². The lowest BCUT2D eigenvalue weighted by molar-refractivity contribution is 0.329. The molecule has 2 heterocycles. The molecule has 0 aromatic carbocycles. The summed E-state index contributed by atoms with van der Waals surface area (Å²) in [6.07, 6.45) is 1.93. The Labute approximate surface area is 76.9 Å². The van der Waals surface area contributed by atoms with Gasteiger partial charge >= 0.3 is 0 Å². The van der Waals surface area contributed by atoms with Crippen molar-refractivity contribution in [2.45, 2.75) is 13.1 Å². The van der Waals surface area contributed by atoms with Gasteiger partial charge in [-0.25, -0.2) is 9.98 Å². The predicted octanol–water partition coefficient (Wildman–Crippen LogP) is 0.541. The van der Waals surface area contributed by atoms with E-state index in [1.807, 2.05) is 25.9 Å². The molecular formula is C8H13N5. The van der Waals surface area contributed by atoms with E-state index in [1.165, 1.54) is 0 Å². The van der Waals surface area contributed by atoms with Gasteiger partial charge in [-0.15, -0.1) is 0 Å². The first-order valence-corrected chi connectivity index (χ1v) is 4.22. The highest BCUT2D eigenvalue weighted by atomic mass is 15.3. The van der Waals surface area contributed by atoms with Gasteiger partial charge in [0.15, 0.2) is 5.82 Å². The number of aromatic nitrogens is 2. The zero-order valence-corrected chi connectivity index (χ0v) is 8.00. The minimum absolute atomic E-state index is 0.147. The Hall–Kier alpha value is -1.36. The first kappa shape index (κ1) is 8.25. The van der Waals surface area contributed by atoms with Crippen LogP contribution in [0.15, 0.2) is 4.99 Å². The van der Waals surface area contributed by atoms with Gasteiger partial charge in [-0.1, -0.05) is 0 Å². The summed E-state index contributed by atoms with van der Waals surface area (Å²) in [5, 5.41) is 3.19. The minimum atomic E-state index is 0.147. The molecule has 5 nitrogen and oxygen atoms in total. The number of aliphatic imine (C=N–C) groups is 1. The van der Waals surface area contributed by atoms with Crippen LogP contribution in [0.2, 0.25) is 0 Å². The molecule has 5 heteroatoms. The molecular weight excluding hydrogens is 166 g/mol. The van der Waals surface area contributed by atoms with Crippen LogP contribution in [-0.4, -0.2) is 35.3 Å². The van der Waals surface area contributed by atoms with Crippen LogP contribution in [0.5, 0.6) is 0 Å². The van der Waals surface area contributed by atoms with Crippen LogP contribution in [0.4, 0.5) is 5.82 Å². The maximum absolute atomic E-state index is 4.26. The Kier molecular flexibility index (Phi) is 1.81. The summed E-state index contributed by atoms with van der Waals surface area (Å²) in [4.78, 5) is 13.7. The summed E-state index contributed by atoms with van der Waals surface area (Å²) in [6, 6.07) is 0. The fourth-order valence-corrected chi connectivity index (χ4v) is 1.55. The second-order valence-electron chi connectivity index (χ2n) is 3.16. The van der Waals surface area contributed by atoms with E-state index in [1.54, 1.807) is 6.34 Å². The van der Waals surface area contributed by atoms with Crippen molar-refractivity contribution in [2.75, 3.05) is 14.1 Å². The van der Waals surface area contributed by atoms with Crippen molar-refractivity contribution in [1.82, 2.24) is 20.2 Å². The molecule has 1 unspecified atom stereocenters. The number of fused-ring (bicyclic) bond motifs is 1. The highest BCUT2D eigenvalue weighted by Gasteiger charge is 2.23. The molecule has 1 atom stereocenters. The Morgan fingerprint density at radius 2 is 2.38 bits per heavy atom. The Morgan fingerprint density at radius 1 is 1.62 bits per heavy atom. The van der Waals surface area contributed by atoms with Crippen LogP contribution in [-0.2, 0) is 0 Å². The zero-order chi connectivity index (χ0) is 9.42. The van der Waals surface area contributed by atoms with E-state index < -0.39 is 0 Å².